The monoisotopic (exact) mass is 222 g/mol. The molecule has 0 saturated carbocycles. The van der Waals surface area contributed by atoms with Crippen LogP contribution in [0.5, 0.6) is 0 Å². The molecule has 1 heterocycles. The molecule has 1 unspecified atom stereocenters. The van der Waals surface area contributed by atoms with Crippen molar-refractivity contribution >= 4 is 0 Å². The number of pyridine rings is 1. The van der Waals surface area contributed by atoms with Crippen LogP contribution in [0.1, 0.15) is 26.5 Å². The van der Waals surface area contributed by atoms with Crippen LogP contribution in [0, 0.1) is 0 Å². The number of hydrogen-bond donors (Lipinski definition) is 1. The Hall–Kier alpha value is -0.930. The number of likely N-dealkylation sites (N-methyl/N-ethyl adjacent to an activating group) is 1. The van der Waals surface area contributed by atoms with Crippen LogP contribution in [-0.2, 0) is 11.2 Å². The molecule has 0 aliphatic rings. The van der Waals surface area contributed by atoms with Gasteiger partial charge >= 0.3 is 0 Å². The predicted molar refractivity (Wildman–Crippen MR) is 66.5 cm³/mol. The summed E-state index contributed by atoms with van der Waals surface area (Å²) in [6.45, 7) is 6.91. The molecule has 0 radical (unpaired) electrons. The lowest BCUT2D eigenvalue weighted by atomic mass is 10.1. The highest BCUT2D eigenvalue weighted by Gasteiger charge is 2.14. The first-order valence-electron chi connectivity index (χ1n) is 5.72. The van der Waals surface area contributed by atoms with E-state index in [0.717, 1.165) is 12.1 Å². The van der Waals surface area contributed by atoms with Crippen LogP contribution in [0.15, 0.2) is 24.4 Å². The topological polar surface area (TPSA) is 34.1 Å². The van der Waals surface area contributed by atoms with E-state index >= 15 is 0 Å². The molecular weight excluding hydrogens is 200 g/mol. The van der Waals surface area contributed by atoms with E-state index in [9.17, 15) is 0 Å². The molecule has 0 spiro atoms. The Bertz CT molecular complexity index is 293. The van der Waals surface area contributed by atoms with Crippen molar-refractivity contribution in [1.29, 1.82) is 0 Å². The normalized spacial score (nSPS) is 13.8. The Balaban J connectivity index is 2.44. The standard InChI is InChI=1S/C13H22N2O/c1-13(2,3)16-10-12(14-4)9-11-7-5-6-8-15-11/h5-8,12,14H,9-10H2,1-4H3. The minimum absolute atomic E-state index is 0.0841. The fraction of sp³-hybridized carbons (Fsp3) is 0.615. The zero-order valence-electron chi connectivity index (χ0n) is 10.7. The summed E-state index contributed by atoms with van der Waals surface area (Å²) in [4.78, 5) is 4.32. The van der Waals surface area contributed by atoms with E-state index in [0.29, 0.717) is 12.6 Å². The number of nitrogens with zero attached hydrogens (tertiary/aromatic N) is 1. The van der Waals surface area contributed by atoms with E-state index in [1.165, 1.54) is 0 Å². The van der Waals surface area contributed by atoms with Crippen LogP contribution in [0.2, 0.25) is 0 Å². The highest BCUT2D eigenvalue weighted by atomic mass is 16.5. The average molecular weight is 222 g/mol. The molecule has 0 amide bonds. The maximum absolute atomic E-state index is 5.76. The van der Waals surface area contributed by atoms with Crippen molar-refractivity contribution in [2.24, 2.45) is 0 Å². The minimum Gasteiger partial charge on any atom is -0.374 e. The smallest absolute Gasteiger partial charge is 0.0630 e. The summed E-state index contributed by atoms with van der Waals surface area (Å²) >= 11 is 0. The second-order valence-electron chi connectivity index (χ2n) is 4.93. The second-order valence-corrected chi connectivity index (χ2v) is 4.93. The van der Waals surface area contributed by atoms with E-state index in [-0.39, 0.29) is 5.60 Å². The van der Waals surface area contributed by atoms with Gasteiger partial charge in [0.25, 0.3) is 0 Å². The first kappa shape index (κ1) is 13.1. The van der Waals surface area contributed by atoms with Crippen molar-refractivity contribution in [3.8, 4) is 0 Å². The third-order valence-corrected chi connectivity index (χ3v) is 2.31. The van der Waals surface area contributed by atoms with Crippen molar-refractivity contribution < 1.29 is 4.74 Å². The number of rotatable bonds is 5. The Morgan fingerprint density at radius 3 is 2.62 bits per heavy atom. The Morgan fingerprint density at radius 1 is 1.38 bits per heavy atom. The molecule has 0 aromatic carbocycles. The van der Waals surface area contributed by atoms with Crippen molar-refractivity contribution in [2.75, 3.05) is 13.7 Å². The lowest BCUT2D eigenvalue weighted by Crippen LogP contribution is -2.36. The summed E-state index contributed by atoms with van der Waals surface area (Å²) in [5.74, 6) is 0. The molecule has 0 saturated heterocycles. The van der Waals surface area contributed by atoms with E-state index in [1.54, 1.807) is 0 Å². The second kappa shape index (κ2) is 5.97. The van der Waals surface area contributed by atoms with Crippen molar-refractivity contribution in [3.05, 3.63) is 30.1 Å². The number of nitrogens with one attached hydrogen (secondary N) is 1. The van der Waals surface area contributed by atoms with Gasteiger partial charge in [0, 0.05) is 24.4 Å². The quantitative estimate of drug-likeness (QED) is 0.827. The van der Waals surface area contributed by atoms with Gasteiger partial charge < -0.3 is 10.1 Å². The van der Waals surface area contributed by atoms with Gasteiger partial charge in [0.15, 0.2) is 0 Å². The Labute approximate surface area is 98.2 Å². The highest BCUT2D eigenvalue weighted by molar-refractivity contribution is 5.05. The molecule has 1 rings (SSSR count). The van der Waals surface area contributed by atoms with Gasteiger partial charge in [-0.3, -0.25) is 4.98 Å². The van der Waals surface area contributed by atoms with E-state index in [4.69, 9.17) is 4.74 Å². The zero-order valence-corrected chi connectivity index (χ0v) is 10.7. The fourth-order valence-corrected chi connectivity index (χ4v) is 1.37. The highest BCUT2D eigenvalue weighted by Crippen LogP contribution is 2.08. The SMILES string of the molecule is CNC(COC(C)(C)C)Cc1ccccn1. The Kier molecular flexibility index (Phi) is 4.90. The van der Waals surface area contributed by atoms with Crippen molar-refractivity contribution in [2.45, 2.75) is 38.8 Å². The van der Waals surface area contributed by atoms with Crippen LogP contribution in [0.25, 0.3) is 0 Å². The average Bonchev–Trinajstić information content (AvgIpc) is 2.24. The van der Waals surface area contributed by atoms with Crippen molar-refractivity contribution in [3.63, 3.8) is 0 Å². The molecule has 0 aliphatic carbocycles. The first-order chi connectivity index (χ1) is 7.51. The summed E-state index contributed by atoms with van der Waals surface area (Å²) in [5.41, 5.74) is 1.01. The van der Waals surface area contributed by atoms with Gasteiger partial charge in [0.2, 0.25) is 0 Å². The maximum Gasteiger partial charge on any atom is 0.0630 e. The molecule has 1 aromatic rings. The van der Waals surface area contributed by atoms with Crippen LogP contribution < -0.4 is 5.32 Å². The molecular formula is C13H22N2O. The van der Waals surface area contributed by atoms with Gasteiger partial charge in [0.1, 0.15) is 0 Å². The predicted octanol–water partition coefficient (Wildman–Crippen LogP) is 2.03. The largest absolute Gasteiger partial charge is 0.374 e. The molecule has 90 valence electrons. The zero-order chi connectivity index (χ0) is 12.0. The summed E-state index contributed by atoms with van der Waals surface area (Å²) in [6, 6.07) is 6.30. The van der Waals surface area contributed by atoms with E-state index in [2.05, 4.69) is 31.1 Å². The first-order valence-corrected chi connectivity index (χ1v) is 5.72. The summed E-state index contributed by atoms with van der Waals surface area (Å²) in [5, 5.41) is 3.26. The molecule has 3 nitrogen and oxygen atoms in total. The van der Waals surface area contributed by atoms with Gasteiger partial charge in [-0.15, -0.1) is 0 Å². The number of hydrogen-bond acceptors (Lipinski definition) is 3. The summed E-state index contributed by atoms with van der Waals surface area (Å²) in [6.07, 6.45) is 2.72. The van der Waals surface area contributed by atoms with Crippen molar-refractivity contribution in [1.82, 2.24) is 10.3 Å². The third-order valence-electron chi connectivity index (χ3n) is 2.31. The molecule has 0 aliphatic heterocycles. The lowest BCUT2D eigenvalue weighted by molar-refractivity contribution is -0.0135. The van der Waals surface area contributed by atoms with Gasteiger partial charge in [-0.2, -0.15) is 0 Å². The summed E-state index contributed by atoms with van der Waals surface area (Å²) in [7, 11) is 1.96. The van der Waals surface area contributed by atoms with Gasteiger partial charge in [-0.1, -0.05) is 6.07 Å². The third kappa shape index (κ3) is 5.24. The minimum atomic E-state index is -0.0841. The molecule has 0 bridgehead atoms. The van der Waals surface area contributed by atoms with E-state index in [1.807, 2.05) is 31.4 Å². The molecule has 1 atom stereocenters. The fourth-order valence-electron chi connectivity index (χ4n) is 1.37. The number of ether oxygens (including phenoxy) is 1. The molecule has 0 fully saturated rings. The maximum atomic E-state index is 5.76. The molecule has 16 heavy (non-hydrogen) atoms. The molecule has 1 aromatic heterocycles. The molecule has 3 heteroatoms. The van der Waals surface area contributed by atoms with Crippen LogP contribution in [0.3, 0.4) is 0 Å². The molecule has 1 N–H and O–H groups in total. The lowest BCUT2D eigenvalue weighted by Gasteiger charge is -2.24. The Morgan fingerprint density at radius 2 is 2.12 bits per heavy atom. The van der Waals surface area contributed by atoms with Crippen LogP contribution in [-0.4, -0.2) is 30.3 Å². The number of aromatic nitrogens is 1. The van der Waals surface area contributed by atoms with Gasteiger partial charge in [0.05, 0.1) is 12.2 Å². The van der Waals surface area contributed by atoms with E-state index < -0.39 is 0 Å². The van der Waals surface area contributed by atoms with Crippen LogP contribution in [0.4, 0.5) is 0 Å². The van der Waals surface area contributed by atoms with Crippen LogP contribution >= 0.6 is 0 Å². The van der Waals surface area contributed by atoms with Gasteiger partial charge in [-0.25, -0.2) is 0 Å². The van der Waals surface area contributed by atoms with Gasteiger partial charge in [-0.05, 0) is 40.0 Å². The summed E-state index contributed by atoms with van der Waals surface area (Å²) < 4.78 is 5.76.